The zero-order valence-electron chi connectivity index (χ0n) is 10.1. The molecule has 0 aliphatic carbocycles. The molecule has 0 saturated carbocycles. The first kappa shape index (κ1) is 12.8. The van der Waals surface area contributed by atoms with Crippen molar-refractivity contribution in [3.63, 3.8) is 0 Å². The van der Waals surface area contributed by atoms with Crippen molar-refractivity contribution in [2.75, 3.05) is 10.6 Å². The fourth-order valence-electron chi connectivity index (χ4n) is 1.61. The quantitative estimate of drug-likeness (QED) is 0.883. The van der Waals surface area contributed by atoms with Gasteiger partial charge in [-0.15, -0.1) is 0 Å². The fraction of sp³-hybridized carbons (Fsp3) is 0.231. The molecular weight excluding hydrogens is 294 g/mol. The lowest BCUT2D eigenvalue weighted by atomic mass is 10.1. The van der Waals surface area contributed by atoms with E-state index in [1.807, 2.05) is 24.3 Å². The maximum Gasteiger partial charge on any atom is 0.258 e. The van der Waals surface area contributed by atoms with Crippen molar-refractivity contribution in [1.29, 1.82) is 0 Å². The first-order valence-corrected chi connectivity index (χ1v) is 6.76. The molecule has 0 spiro atoms. The average molecular weight is 308 g/mol. The van der Waals surface area contributed by atoms with Crippen LogP contribution in [0.4, 0.5) is 5.69 Å². The summed E-state index contributed by atoms with van der Waals surface area (Å²) < 4.78 is 1.61. The van der Waals surface area contributed by atoms with Crippen molar-refractivity contribution in [1.82, 2.24) is 9.78 Å². The van der Waals surface area contributed by atoms with Gasteiger partial charge in [-0.1, -0.05) is 28.1 Å². The molecule has 2 aromatic rings. The van der Waals surface area contributed by atoms with E-state index in [9.17, 15) is 4.79 Å². The second kappa shape index (κ2) is 5.82. The van der Waals surface area contributed by atoms with Crippen LogP contribution < -0.4 is 5.32 Å². The molecule has 2 rings (SSSR count). The van der Waals surface area contributed by atoms with Gasteiger partial charge >= 0.3 is 0 Å². The molecular formula is C13H14BrN3O. The minimum Gasteiger partial charge on any atom is -0.322 e. The molecule has 1 heterocycles. The Hall–Kier alpha value is -1.62. The maximum absolute atomic E-state index is 11.9. The van der Waals surface area contributed by atoms with Crippen molar-refractivity contribution < 1.29 is 4.79 Å². The van der Waals surface area contributed by atoms with Crippen LogP contribution in [0.25, 0.3) is 0 Å². The van der Waals surface area contributed by atoms with Gasteiger partial charge in [-0.05, 0) is 24.1 Å². The molecule has 1 aromatic heterocycles. The molecule has 5 heteroatoms. The minimum atomic E-state index is -0.142. The van der Waals surface area contributed by atoms with E-state index in [-0.39, 0.29) is 5.91 Å². The number of hydrogen-bond donors (Lipinski definition) is 1. The van der Waals surface area contributed by atoms with Gasteiger partial charge < -0.3 is 5.32 Å². The number of halogens is 1. The molecule has 0 bridgehead atoms. The largest absolute Gasteiger partial charge is 0.322 e. The number of carbonyl (C=O) groups excluding carboxylic acids is 1. The van der Waals surface area contributed by atoms with Gasteiger partial charge in [0.15, 0.2) is 0 Å². The molecule has 0 atom stereocenters. The van der Waals surface area contributed by atoms with E-state index in [2.05, 4.69) is 26.3 Å². The fourth-order valence-corrected chi connectivity index (χ4v) is 2.06. The van der Waals surface area contributed by atoms with Crippen LogP contribution in [-0.4, -0.2) is 21.0 Å². The first-order chi connectivity index (χ1) is 8.69. The highest BCUT2D eigenvalue weighted by Gasteiger charge is 2.07. The number of carbonyl (C=O) groups is 1. The van der Waals surface area contributed by atoms with Gasteiger partial charge in [0.05, 0.1) is 11.8 Å². The van der Waals surface area contributed by atoms with Gasteiger partial charge in [0.1, 0.15) is 0 Å². The molecule has 0 unspecified atom stereocenters. The number of amides is 1. The summed E-state index contributed by atoms with van der Waals surface area (Å²) in [6.07, 6.45) is 4.22. The number of benzene rings is 1. The summed E-state index contributed by atoms with van der Waals surface area (Å²) in [5, 5.41) is 7.74. The molecule has 0 radical (unpaired) electrons. The zero-order valence-corrected chi connectivity index (χ0v) is 11.6. The maximum atomic E-state index is 11.9. The Labute approximate surface area is 114 Å². The van der Waals surface area contributed by atoms with E-state index >= 15 is 0 Å². The van der Waals surface area contributed by atoms with E-state index in [4.69, 9.17) is 0 Å². The van der Waals surface area contributed by atoms with Crippen LogP contribution >= 0.6 is 15.9 Å². The van der Waals surface area contributed by atoms with E-state index in [1.165, 1.54) is 5.56 Å². The van der Waals surface area contributed by atoms with Gasteiger partial charge in [0.2, 0.25) is 0 Å². The standard InChI is InChI=1S/C13H14BrN3O/c1-17-9-11(8-15-17)13(18)16-12-4-2-10(3-5-12)6-7-14/h2-5,8-9H,6-7H2,1H3,(H,16,18). The molecule has 18 heavy (non-hydrogen) atoms. The minimum absolute atomic E-state index is 0.142. The summed E-state index contributed by atoms with van der Waals surface area (Å²) in [6, 6.07) is 7.85. The normalized spacial score (nSPS) is 10.3. The first-order valence-electron chi connectivity index (χ1n) is 5.64. The summed E-state index contributed by atoms with van der Waals surface area (Å²) in [5.74, 6) is -0.142. The predicted molar refractivity (Wildman–Crippen MR) is 75.1 cm³/mol. The van der Waals surface area contributed by atoms with E-state index in [0.29, 0.717) is 5.56 Å². The third kappa shape index (κ3) is 3.20. The van der Waals surface area contributed by atoms with E-state index in [0.717, 1.165) is 17.4 Å². The summed E-state index contributed by atoms with van der Waals surface area (Å²) in [4.78, 5) is 11.9. The number of rotatable bonds is 4. The lowest BCUT2D eigenvalue weighted by Gasteiger charge is -2.04. The van der Waals surface area contributed by atoms with Gasteiger partial charge in [-0.3, -0.25) is 9.48 Å². The Morgan fingerprint density at radius 3 is 2.67 bits per heavy atom. The molecule has 1 aromatic carbocycles. The summed E-state index contributed by atoms with van der Waals surface area (Å²) in [6.45, 7) is 0. The Morgan fingerprint density at radius 2 is 2.11 bits per heavy atom. The van der Waals surface area contributed by atoms with Gasteiger partial charge in [0.25, 0.3) is 5.91 Å². The SMILES string of the molecule is Cn1cc(C(=O)Nc2ccc(CCBr)cc2)cn1. The van der Waals surface area contributed by atoms with E-state index < -0.39 is 0 Å². The molecule has 0 saturated heterocycles. The highest BCUT2D eigenvalue weighted by atomic mass is 79.9. The van der Waals surface area contributed by atoms with E-state index in [1.54, 1.807) is 24.1 Å². The molecule has 1 amide bonds. The Morgan fingerprint density at radius 1 is 1.39 bits per heavy atom. The van der Waals surface area contributed by atoms with Gasteiger partial charge in [-0.25, -0.2) is 0 Å². The molecule has 0 aliphatic heterocycles. The lowest BCUT2D eigenvalue weighted by Crippen LogP contribution is -2.11. The molecule has 0 fully saturated rings. The summed E-state index contributed by atoms with van der Waals surface area (Å²) in [7, 11) is 1.78. The number of nitrogens with zero attached hydrogens (tertiary/aromatic N) is 2. The highest BCUT2D eigenvalue weighted by molar-refractivity contribution is 9.09. The van der Waals surface area contributed by atoms with Crippen molar-refractivity contribution in [3.05, 3.63) is 47.8 Å². The van der Waals surface area contributed by atoms with Crippen LogP contribution in [0, 0.1) is 0 Å². The van der Waals surface area contributed by atoms with Crippen LogP contribution in [0.5, 0.6) is 0 Å². The third-order valence-electron chi connectivity index (χ3n) is 2.56. The number of nitrogens with one attached hydrogen (secondary N) is 1. The number of hydrogen-bond acceptors (Lipinski definition) is 2. The van der Waals surface area contributed by atoms with Gasteiger partial charge in [0, 0.05) is 24.3 Å². The predicted octanol–water partition coefficient (Wildman–Crippen LogP) is 2.61. The summed E-state index contributed by atoms with van der Waals surface area (Å²) in [5.41, 5.74) is 2.59. The molecule has 94 valence electrons. The number of alkyl halides is 1. The van der Waals surface area contributed by atoms with Crippen LogP contribution in [-0.2, 0) is 13.5 Å². The monoisotopic (exact) mass is 307 g/mol. The Bertz CT molecular complexity index is 533. The summed E-state index contributed by atoms with van der Waals surface area (Å²) >= 11 is 3.40. The van der Waals surface area contributed by atoms with Crippen LogP contribution in [0.1, 0.15) is 15.9 Å². The zero-order chi connectivity index (χ0) is 13.0. The van der Waals surface area contributed by atoms with Crippen LogP contribution in [0.3, 0.4) is 0 Å². The Kier molecular flexibility index (Phi) is 4.15. The van der Waals surface area contributed by atoms with Gasteiger partial charge in [-0.2, -0.15) is 5.10 Å². The van der Waals surface area contributed by atoms with Crippen molar-refractivity contribution in [2.45, 2.75) is 6.42 Å². The number of aryl methyl sites for hydroxylation is 2. The smallest absolute Gasteiger partial charge is 0.258 e. The van der Waals surface area contributed by atoms with Crippen molar-refractivity contribution in [3.8, 4) is 0 Å². The highest BCUT2D eigenvalue weighted by Crippen LogP contribution is 2.12. The molecule has 1 N–H and O–H groups in total. The lowest BCUT2D eigenvalue weighted by molar-refractivity contribution is 0.102. The molecule has 4 nitrogen and oxygen atoms in total. The second-order valence-electron chi connectivity index (χ2n) is 3.99. The average Bonchev–Trinajstić information content (AvgIpc) is 2.79. The number of aromatic nitrogens is 2. The van der Waals surface area contributed by atoms with Crippen LogP contribution in [0.2, 0.25) is 0 Å². The van der Waals surface area contributed by atoms with Crippen molar-refractivity contribution in [2.24, 2.45) is 7.05 Å². The molecule has 0 aliphatic rings. The number of anilines is 1. The topological polar surface area (TPSA) is 46.9 Å². The Balaban J connectivity index is 2.03. The van der Waals surface area contributed by atoms with Crippen molar-refractivity contribution >= 4 is 27.5 Å². The van der Waals surface area contributed by atoms with Crippen LogP contribution in [0.15, 0.2) is 36.7 Å². The third-order valence-corrected chi connectivity index (χ3v) is 2.96. The second-order valence-corrected chi connectivity index (χ2v) is 4.79.